The van der Waals surface area contributed by atoms with Gasteiger partial charge in [0.25, 0.3) is 5.56 Å². The van der Waals surface area contributed by atoms with E-state index in [2.05, 4.69) is 25.7 Å². The second-order valence-electron chi connectivity index (χ2n) is 10.3. The lowest BCUT2D eigenvalue weighted by molar-refractivity contribution is -0.138. The van der Waals surface area contributed by atoms with Crippen molar-refractivity contribution in [2.45, 2.75) is 51.7 Å². The quantitative estimate of drug-likeness (QED) is 0.343. The van der Waals surface area contributed by atoms with Crippen LogP contribution in [-0.2, 0) is 11.3 Å². The molecule has 1 aromatic heterocycles. The number of hydrogen-bond acceptors (Lipinski definition) is 4. The first-order valence-corrected chi connectivity index (χ1v) is 13.6. The lowest BCUT2D eigenvalue weighted by atomic mass is 9.94. The van der Waals surface area contributed by atoms with Crippen LogP contribution in [0.25, 0.3) is 10.9 Å². The van der Waals surface area contributed by atoms with E-state index in [9.17, 15) is 9.59 Å². The largest absolute Gasteiger partial charge is 0.337 e. The molecule has 0 radical (unpaired) electrons. The number of rotatable bonds is 7. The molecule has 6 heteroatoms. The van der Waals surface area contributed by atoms with Crippen molar-refractivity contribution in [3.05, 3.63) is 112 Å². The minimum atomic E-state index is -0.124. The Balaban J connectivity index is 1.41. The first kappa shape index (κ1) is 25.9. The zero-order chi connectivity index (χ0) is 26.6. The van der Waals surface area contributed by atoms with Gasteiger partial charge < -0.3 is 4.90 Å². The lowest BCUT2D eigenvalue weighted by Crippen LogP contribution is -2.55. The maximum Gasteiger partial charge on any atom is 0.261 e. The number of aromatic nitrogens is 2. The third-order valence-corrected chi connectivity index (χ3v) is 7.85. The van der Waals surface area contributed by atoms with E-state index in [1.807, 2.05) is 94.4 Å². The van der Waals surface area contributed by atoms with Crippen molar-refractivity contribution in [2.75, 3.05) is 19.6 Å². The highest BCUT2D eigenvalue weighted by atomic mass is 16.2. The average Bonchev–Trinajstić information content (AvgIpc) is 2.95. The minimum absolute atomic E-state index is 0.0168. The van der Waals surface area contributed by atoms with E-state index in [1.54, 1.807) is 0 Å². The van der Waals surface area contributed by atoms with Gasteiger partial charge in [-0.25, -0.2) is 4.98 Å². The molecule has 196 valence electrons. The van der Waals surface area contributed by atoms with Crippen molar-refractivity contribution >= 4 is 16.8 Å². The molecule has 0 N–H and O–H groups in total. The van der Waals surface area contributed by atoms with Crippen molar-refractivity contribution in [1.82, 2.24) is 19.4 Å². The van der Waals surface area contributed by atoms with Crippen LogP contribution in [0, 0.1) is 0 Å². The fraction of sp³-hybridized carbons (Fsp3) is 0.344. The molecule has 1 saturated heterocycles. The summed E-state index contributed by atoms with van der Waals surface area (Å²) in [6, 6.07) is 27.7. The molecule has 3 aromatic carbocycles. The Kier molecular flexibility index (Phi) is 7.70. The van der Waals surface area contributed by atoms with E-state index < -0.39 is 0 Å². The van der Waals surface area contributed by atoms with E-state index in [0.29, 0.717) is 18.5 Å². The Labute approximate surface area is 224 Å². The van der Waals surface area contributed by atoms with Crippen LogP contribution in [0.4, 0.5) is 0 Å². The van der Waals surface area contributed by atoms with E-state index >= 15 is 0 Å². The standard InChI is InChI=1S/C32H36N4O2/c1-4-27(26-15-9-6-10-16-26)31(37)35-20-19-34(21-23(35)2)24(3)30-33-29-18-12-11-17-28(29)32(38)36(30)22-25-13-7-5-8-14-25/h5-18,23-24,27H,4,19-22H2,1-3H3. The van der Waals surface area contributed by atoms with Crippen molar-refractivity contribution in [3.8, 4) is 0 Å². The fourth-order valence-electron chi connectivity index (χ4n) is 5.69. The highest BCUT2D eigenvalue weighted by Crippen LogP contribution is 2.28. The van der Waals surface area contributed by atoms with Crippen LogP contribution in [0.3, 0.4) is 0 Å². The molecule has 3 unspecified atom stereocenters. The molecular weight excluding hydrogens is 472 g/mol. The van der Waals surface area contributed by atoms with Crippen LogP contribution in [0.15, 0.2) is 89.7 Å². The molecule has 5 rings (SSSR count). The monoisotopic (exact) mass is 508 g/mol. The Bertz CT molecular complexity index is 1450. The van der Waals surface area contributed by atoms with Crippen molar-refractivity contribution in [3.63, 3.8) is 0 Å². The van der Waals surface area contributed by atoms with Gasteiger partial charge in [0, 0.05) is 25.7 Å². The summed E-state index contributed by atoms with van der Waals surface area (Å²) < 4.78 is 1.83. The Morgan fingerprint density at radius 3 is 2.29 bits per heavy atom. The molecule has 4 aromatic rings. The van der Waals surface area contributed by atoms with Crippen molar-refractivity contribution < 1.29 is 4.79 Å². The van der Waals surface area contributed by atoms with Crippen LogP contribution >= 0.6 is 0 Å². The molecule has 0 spiro atoms. The molecule has 1 aliphatic rings. The van der Waals surface area contributed by atoms with E-state index in [0.717, 1.165) is 42.0 Å². The number of piperazine rings is 1. The van der Waals surface area contributed by atoms with Gasteiger partial charge in [-0.2, -0.15) is 0 Å². The van der Waals surface area contributed by atoms with Crippen LogP contribution in [0.2, 0.25) is 0 Å². The highest BCUT2D eigenvalue weighted by Gasteiger charge is 2.34. The number of benzene rings is 3. The van der Waals surface area contributed by atoms with E-state index in [4.69, 9.17) is 4.98 Å². The lowest BCUT2D eigenvalue weighted by Gasteiger charge is -2.43. The molecule has 0 bridgehead atoms. The normalized spacial score (nSPS) is 17.9. The van der Waals surface area contributed by atoms with E-state index in [-0.39, 0.29) is 29.5 Å². The van der Waals surface area contributed by atoms with Gasteiger partial charge in [-0.3, -0.25) is 19.1 Å². The van der Waals surface area contributed by atoms with Gasteiger partial charge in [-0.15, -0.1) is 0 Å². The number of hydrogen-bond donors (Lipinski definition) is 0. The zero-order valence-corrected chi connectivity index (χ0v) is 22.5. The Morgan fingerprint density at radius 2 is 1.61 bits per heavy atom. The number of para-hydroxylation sites is 1. The molecule has 0 aliphatic carbocycles. The number of fused-ring (bicyclic) bond motifs is 1. The summed E-state index contributed by atoms with van der Waals surface area (Å²) in [7, 11) is 0. The van der Waals surface area contributed by atoms with Crippen LogP contribution in [0.1, 0.15) is 56.1 Å². The molecule has 1 amide bonds. The van der Waals surface area contributed by atoms with Gasteiger partial charge in [0.1, 0.15) is 5.82 Å². The number of carbonyl (C=O) groups excluding carboxylic acids is 1. The Hall–Kier alpha value is -3.77. The predicted molar refractivity (Wildman–Crippen MR) is 152 cm³/mol. The Morgan fingerprint density at radius 1 is 0.947 bits per heavy atom. The summed E-state index contributed by atoms with van der Waals surface area (Å²) in [6.07, 6.45) is 0.777. The third kappa shape index (κ3) is 5.14. The van der Waals surface area contributed by atoms with Gasteiger partial charge in [0.2, 0.25) is 5.91 Å². The van der Waals surface area contributed by atoms with Gasteiger partial charge in [0.05, 0.1) is 29.4 Å². The SMILES string of the molecule is CCC(C(=O)N1CCN(C(C)c2nc3ccccc3c(=O)n2Cc2ccccc2)CC1C)c1ccccc1. The number of nitrogens with zero attached hydrogens (tertiary/aromatic N) is 4. The van der Waals surface area contributed by atoms with Crippen LogP contribution < -0.4 is 5.56 Å². The summed E-state index contributed by atoms with van der Waals surface area (Å²) in [5.74, 6) is 0.837. The smallest absolute Gasteiger partial charge is 0.261 e. The zero-order valence-electron chi connectivity index (χ0n) is 22.5. The summed E-state index contributed by atoms with van der Waals surface area (Å²) in [4.78, 5) is 36.6. The third-order valence-electron chi connectivity index (χ3n) is 7.85. The fourth-order valence-corrected chi connectivity index (χ4v) is 5.69. The molecule has 1 aliphatic heterocycles. The molecule has 1 fully saturated rings. The predicted octanol–water partition coefficient (Wildman–Crippen LogP) is 5.23. The topological polar surface area (TPSA) is 58.4 Å². The average molecular weight is 509 g/mol. The van der Waals surface area contributed by atoms with Crippen molar-refractivity contribution in [1.29, 1.82) is 0 Å². The van der Waals surface area contributed by atoms with Gasteiger partial charge >= 0.3 is 0 Å². The molecule has 3 atom stereocenters. The van der Waals surface area contributed by atoms with Gasteiger partial charge in [-0.05, 0) is 43.5 Å². The maximum absolute atomic E-state index is 13.6. The molecule has 38 heavy (non-hydrogen) atoms. The van der Waals surface area contributed by atoms with Gasteiger partial charge in [0.15, 0.2) is 0 Å². The molecular formula is C32H36N4O2. The number of carbonyl (C=O) groups is 1. The molecule has 6 nitrogen and oxygen atoms in total. The second-order valence-corrected chi connectivity index (χ2v) is 10.3. The summed E-state index contributed by atoms with van der Waals surface area (Å²) in [6.45, 7) is 8.92. The molecule has 0 saturated carbocycles. The first-order chi connectivity index (χ1) is 18.5. The first-order valence-electron chi connectivity index (χ1n) is 13.6. The second kappa shape index (κ2) is 11.3. The number of amides is 1. The summed E-state index contributed by atoms with van der Waals surface area (Å²) in [5, 5.41) is 0.634. The van der Waals surface area contributed by atoms with Crippen LogP contribution in [-0.4, -0.2) is 50.9 Å². The summed E-state index contributed by atoms with van der Waals surface area (Å²) >= 11 is 0. The maximum atomic E-state index is 13.6. The molecule has 2 heterocycles. The van der Waals surface area contributed by atoms with Crippen molar-refractivity contribution in [2.24, 2.45) is 0 Å². The summed E-state index contributed by atoms with van der Waals surface area (Å²) in [5.41, 5.74) is 2.85. The van der Waals surface area contributed by atoms with Crippen LogP contribution in [0.5, 0.6) is 0 Å². The minimum Gasteiger partial charge on any atom is -0.337 e. The van der Waals surface area contributed by atoms with E-state index in [1.165, 1.54) is 0 Å². The highest BCUT2D eigenvalue weighted by molar-refractivity contribution is 5.84. The van der Waals surface area contributed by atoms with Gasteiger partial charge in [-0.1, -0.05) is 79.7 Å².